The normalized spacial score (nSPS) is 9.96. The maximum absolute atomic E-state index is 12.0. The summed E-state index contributed by atoms with van der Waals surface area (Å²) in [5, 5.41) is 0. The smallest absolute Gasteiger partial charge is 0.306 e. The van der Waals surface area contributed by atoms with Crippen LogP contribution in [0, 0.1) is 0 Å². The number of ether oxygens (including phenoxy) is 2. The van der Waals surface area contributed by atoms with Crippen LogP contribution in [0.15, 0.2) is 54.6 Å². The monoisotopic (exact) mass is 370 g/mol. The van der Waals surface area contributed by atoms with Crippen molar-refractivity contribution in [2.24, 2.45) is 0 Å². The number of nitrogens with one attached hydrogen (secondary N) is 2. The summed E-state index contributed by atoms with van der Waals surface area (Å²) in [4.78, 5) is 34.8. The van der Waals surface area contributed by atoms with Crippen molar-refractivity contribution >= 4 is 17.8 Å². The topological polar surface area (TPSA) is 93.7 Å². The molecule has 0 aromatic heterocycles. The highest BCUT2D eigenvalue weighted by molar-refractivity contribution is 5.95. The van der Waals surface area contributed by atoms with Gasteiger partial charge in [-0.15, -0.1) is 0 Å². The summed E-state index contributed by atoms with van der Waals surface area (Å²) in [6.07, 6.45) is -0.0967. The number of hydrazine groups is 1. The predicted octanol–water partition coefficient (Wildman–Crippen LogP) is 2.37. The van der Waals surface area contributed by atoms with E-state index in [1.54, 1.807) is 31.2 Å². The van der Waals surface area contributed by atoms with Crippen LogP contribution in [0.1, 0.15) is 35.7 Å². The third-order valence-corrected chi connectivity index (χ3v) is 3.54. The molecule has 0 aliphatic carbocycles. The lowest BCUT2D eigenvalue weighted by Gasteiger charge is -2.09. The fraction of sp³-hybridized carbons (Fsp3) is 0.250. The second-order valence-corrected chi connectivity index (χ2v) is 5.61. The molecule has 0 radical (unpaired) electrons. The Kier molecular flexibility index (Phi) is 7.84. The lowest BCUT2D eigenvalue weighted by atomic mass is 10.1. The number of carbonyl (C=O) groups is 3. The molecule has 27 heavy (non-hydrogen) atoms. The summed E-state index contributed by atoms with van der Waals surface area (Å²) >= 11 is 0. The van der Waals surface area contributed by atoms with Crippen molar-refractivity contribution in [3.63, 3.8) is 0 Å². The molecule has 2 aromatic rings. The highest BCUT2D eigenvalue weighted by atomic mass is 16.5. The van der Waals surface area contributed by atoms with E-state index in [-0.39, 0.29) is 19.4 Å². The summed E-state index contributed by atoms with van der Waals surface area (Å²) in [5.74, 6) is -0.601. The summed E-state index contributed by atoms with van der Waals surface area (Å²) in [7, 11) is 0. The molecule has 2 rings (SSSR count). The molecule has 2 amide bonds. The van der Waals surface area contributed by atoms with Crippen molar-refractivity contribution in [3.8, 4) is 5.75 Å². The first kappa shape index (κ1) is 20.0. The van der Waals surface area contributed by atoms with E-state index in [1.807, 2.05) is 30.3 Å². The van der Waals surface area contributed by atoms with Gasteiger partial charge < -0.3 is 9.47 Å². The zero-order chi connectivity index (χ0) is 19.5. The minimum atomic E-state index is -0.468. The van der Waals surface area contributed by atoms with E-state index in [2.05, 4.69) is 10.9 Å². The number of rotatable bonds is 8. The maximum atomic E-state index is 12.0. The minimum absolute atomic E-state index is 0.0361. The molecule has 2 N–H and O–H groups in total. The first-order valence-corrected chi connectivity index (χ1v) is 8.60. The van der Waals surface area contributed by atoms with Gasteiger partial charge in [-0.3, -0.25) is 25.2 Å². The largest absolute Gasteiger partial charge is 0.489 e. The number of esters is 1. The van der Waals surface area contributed by atoms with Crippen LogP contribution < -0.4 is 15.6 Å². The van der Waals surface area contributed by atoms with Crippen molar-refractivity contribution in [1.82, 2.24) is 10.9 Å². The Bertz CT molecular complexity index is 760. The molecule has 7 heteroatoms. The van der Waals surface area contributed by atoms with E-state index in [0.717, 1.165) is 11.3 Å². The van der Waals surface area contributed by atoms with Gasteiger partial charge in [0.15, 0.2) is 0 Å². The van der Waals surface area contributed by atoms with Gasteiger partial charge in [0, 0.05) is 12.0 Å². The molecule has 142 valence electrons. The van der Waals surface area contributed by atoms with Crippen molar-refractivity contribution < 1.29 is 23.9 Å². The van der Waals surface area contributed by atoms with Crippen LogP contribution >= 0.6 is 0 Å². The quantitative estimate of drug-likeness (QED) is 0.550. The van der Waals surface area contributed by atoms with Gasteiger partial charge in [-0.1, -0.05) is 30.3 Å². The van der Waals surface area contributed by atoms with E-state index in [9.17, 15) is 14.4 Å². The summed E-state index contributed by atoms with van der Waals surface area (Å²) < 4.78 is 10.4. The number of amides is 2. The maximum Gasteiger partial charge on any atom is 0.306 e. The van der Waals surface area contributed by atoms with Crippen LogP contribution in [-0.2, 0) is 20.9 Å². The van der Waals surface area contributed by atoms with Crippen LogP contribution in [0.5, 0.6) is 5.75 Å². The van der Waals surface area contributed by atoms with Gasteiger partial charge in [0.2, 0.25) is 5.91 Å². The van der Waals surface area contributed by atoms with Crippen LogP contribution in [0.3, 0.4) is 0 Å². The zero-order valence-electron chi connectivity index (χ0n) is 15.1. The molecule has 0 aliphatic rings. The molecule has 7 nitrogen and oxygen atoms in total. The molecule has 0 bridgehead atoms. The molecule has 0 atom stereocenters. The highest BCUT2D eigenvalue weighted by Crippen LogP contribution is 2.12. The molecule has 0 saturated heterocycles. The Morgan fingerprint density at radius 1 is 0.889 bits per heavy atom. The summed E-state index contributed by atoms with van der Waals surface area (Å²) in [5.41, 5.74) is 5.88. The zero-order valence-corrected chi connectivity index (χ0v) is 15.1. The Labute approximate surface area is 157 Å². The van der Waals surface area contributed by atoms with Gasteiger partial charge in [0.25, 0.3) is 5.91 Å². The summed E-state index contributed by atoms with van der Waals surface area (Å²) in [6, 6.07) is 16.3. The molecule has 2 aromatic carbocycles. The molecular weight excluding hydrogens is 348 g/mol. The van der Waals surface area contributed by atoms with E-state index in [0.29, 0.717) is 12.2 Å². The lowest BCUT2D eigenvalue weighted by Crippen LogP contribution is -2.41. The second-order valence-electron chi connectivity index (χ2n) is 5.61. The van der Waals surface area contributed by atoms with Crippen molar-refractivity contribution in [2.45, 2.75) is 26.4 Å². The number of hydrogen-bond donors (Lipinski definition) is 2. The second kappa shape index (κ2) is 10.6. The predicted molar refractivity (Wildman–Crippen MR) is 98.7 cm³/mol. The average molecular weight is 370 g/mol. The van der Waals surface area contributed by atoms with E-state index < -0.39 is 17.8 Å². The van der Waals surface area contributed by atoms with Crippen LogP contribution in [0.25, 0.3) is 0 Å². The number of carbonyl (C=O) groups excluding carboxylic acids is 3. The van der Waals surface area contributed by atoms with Crippen LogP contribution in [0.4, 0.5) is 0 Å². The minimum Gasteiger partial charge on any atom is -0.489 e. The molecule has 0 heterocycles. The first-order valence-electron chi connectivity index (χ1n) is 8.60. The Hall–Kier alpha value is -3.35. The number of para-hydroxylation sites is 1. The van der Waals surface area contributed by atoms with E-state index in [1.165, 1.54) is 0 Å². The van der Waals surface area contributed by atoms with Crippen LogP contribution in [0.2, 0.25) is 0 Å². The Balaban J connectivity index is 1.74. The fourth-order valence-electron chi connectivity index (χ4n) is 2.15. The number of benzene rings is 2. The number of hydrogen-bond acceptors (Lipinski definition) is 5. The average Bonchev–Trinajstić information content (AvgIpc) is 2.70. The van der Waals surface area contributed by atoms with Gasteiger partial charge in [0.05, 0.1) is 13.0 Å². The van der Waals surface area contributed by atoms with Gasteiger partial charge >= 0.3 is 5.97 Å². The van der Waals surface area contributed by atoms with Crippen molar-refractivity contribution in [1.29, 1.82) is 0 Å². The molecule has 0 spiro atoms. The molecular formula is C20H22N2O5. The molecule has 0 saturated carbocycles. The standard InChI is InChI=1S/C20H22N2O5/c1-2-26-19(24)13-12-18(23)21-22-20(25)16-10-8-15(9-11-16)14-27-17-6-4-3-5-7-17/h3-11H,2,12-14H2,1H3,(H,21,23)(H,22,25). The Morgan fingerprint density at radius 3 is 2.26 bits per heavy atom. The molecule has 0 fully saturated rings. The van der Waals surface area contributed by atoms with Gasteiger partial charge in [0.1, 0.15) is 12.4 Å². The van der Waals surface area contributed by atoms with Crippen molar-refractivity contribution in [3.05, 3.63) is 65.7 Å². The SMILES string of the molecule is CCOC(=O)CCC(=O)NNC(=O)c1ccc(COc2ccccc2)cc1. The third-order valence-electron chi connectivity index (χ3n) is 3.54. The highest BCUT2D eigenvalue weighted by Gasteiger charge is 2.10. The van der Waals surface area contributed by atoms with E-state index in [4.69, 9.17) is 9.47 Å². The Morgan fingerprint density at radius 2 is 1.59 bits per heavy atom. The molecule has 0 aliphatic heterocycles. The lowest BCUT2D eigenvalue weighted by molar-refractivity contribution is -0.144. The first-order chi connectivity index (χ1) is 13.1. The van der Waals surface area contributed by atoms with Crippen molar-refractivity contribution in [2.75, 3.05) is 6.61 Å². The molecule has 0 unspecified atom stereocenters. The van der Waals surface area contributed by atoms with Gasteiger partial charge in [-0.05, 0) is 36.8 Å². The fourth-order valence-corrected chi connectivity index (χ4v) is 2.15. The summed E-state index contributed by atoms with van der Waals surface area (Å²) in [6.45, 7) is 2.34. The third kappa shape index (κ3) is 7.19. The van der Waals surface area contributed by atoms with Gasteiger partial charge in [-0.2, -0.15) is 0 Å². The van der Waals surface area contributed by atoms with Gasteiger partial charge in [-0.25, -0.2) is 0 Å². The van der Waals surface area contributed by atoms with E-state index >= 15 is 0 Å². The van der Waals surface area contributed by atoms with Crippen LogP contribution in [-0.4, -0.2) is 24.4 Å².